The first-order valence-corrected chi connectivity index (χ1v) is 23.0. The van der Waals surface area contributed by atoms with Crippen molar-refractivity contribution in [2.75, 3.05) is 31.5 Å². The number of oxazole rings is 1. The number of alkyl halides is 2. The lowest BCUT2D eigenvalue weighted by atomic mass is 10.0. The Labute approximate surface area is 370 Å². The van der Waals surface area contributed by atoms with E-state index in [1.54, 1.807) is 48.7 Å². The number of carbonyl (C=O) groups excluding carboxylic acids is 1. The molecule has 19 heteroatoms. The van der Waals surface area contributed by atoms with Gasteiger partial charge in [0.25, 0.3) is 6.43 Å². The summed E-state index contributed by atoms with van der Waals surface area (Å²) >= 11 is 14.2. The van der Waals surface area contributed by atoms with Gasteiger partial charge in [0.15, 0.2) is 17.2 Å². The molecule has 10 rings (SSSR count). The molecule has 0 bridgehead atoms. The molecule has 1 amide bonds. The number of pyridine rings is 1. The lowest BCUT2D eigenvalue weighted by Crippen LogP contribution is -2.38. The number of aliphatic hydroxyl groups excluding tert-OH is 1. The zero-order chi connectivity index (χ0) is 43.7. The van der Waals surface area contributed by atoms with Crippen molar-refractivity contribution in [2.45, 2.75) is 68.9 Å². The van der Waals surface area contributed by atoms with Gasteiger partial charge in [-0.25, -0.2) is 32.2 Å². The number of carbonyl (C=O) groups is 1. The summed E-state index contributed by atoms with van der Waals surface area (Å²) in [4.78, 5) is 34.8. The summed E-state index contributed by atoms with van der Waals surface area (Å²) < 4.78 is 61.7. The summed E-state index contributed by atoms with van der Waals surface area (Å²) in [6, 6.07) is 16.4. The Kier molecular flexibility index (Phi) is 10.8. The second-order valence-corrected chi connectivity index (χ2v) is 19.3. The number of halogens is 4. The van der Waals surface area contributed by atoms with E-state index < -0.39 is 45.5 Å². The van der Waals surface area contributed by atoms with Gasteiger partial charge in [-0.3, -0.25) is 24.3 Å². The van der Waals surface area contributed by atoms with Crippen molar-refractivity contribution in [3.63, 3.8) is 0 Å². The molecule has 3 N–H and O–H groups in total. The number of amides is 1. The van der Waals surface area contributed by atoms with Crippen LogP contribution in [0, 0.1) is 17.2 Å². The average Bonchev–Trinajstić information content (AvgIpc) is 3.52. The van der Waals surface area contributed by atoms with Crippen LogP contribution >= 0.6 is 23.2 Å². The number of nitriles is 1. The van der Waals surface area contributed by atoms with Gasteiger partial charge in [0, 0.05) is 49.5 Å². The molecular formula is C44H39Cl2F2N9O5S. The van der Waals surface area contributed by atoms with E-state index in [1.165, 1.54) is 0 Å². The molecule has 4 aliphatic rings. The van der Waals surface area contributed by atoms with Gasteiger partial charge in [0.05, 0.1) is 44.1 Å². The number of β-amino-alcohol motifs (C(OH)–C–C–N with tert-alkyl or cyclic N) is 1. The van der Waals surface area contributed by atoms with Crippen molar-refractivity contribution < 1.29 is 31.5 Å². The summed E-state index contributed by atoms with van der Waals surface area (Å²) in [7, 11) is -3.64. The summed E-state index contributed by atoms with van der Waals surface area (Å²) in [5, 5.41) is 23.5. The van der Waals surface area contributed by atoms with E-state index in [0.29, 0.717) is 104 Å². The van der Waals surface area contributed by atoms with Gasteiger partial charge in [-0.15, -0.1) is 0 Å². The number of likely N-dealkylation sites (tertiary alicyclic amines) is 2. The number of hydrogen-bond donors (Lipinski definition) is 3. The highest BCUT2D eigenvalue weighted by molar-refractivity contribution is 7.90. The zero-order valence-electron chi connectivity index (χ0n) is 33.5. The minimum absolute atomic E-state index is 0.0422. The van der Waals surface area contributed by atoms with E-state index in [4.69, 9.17) is 32.6 Å². The van der Waals surface area contributed by atoms with Crippen LogP contribution in [-0.2, 0) is 27.8 Å². The number of benzene rings is 3. The number of rotatable bonds is 11. The molecule has 5 heterocycles. The molecule has 3 aromatic carbocycles. The highest BCUT2D eigenvalue weighted by atomic mass is 35.5. The van der Waals surface area contributed by atoms with Crippen molar-refractivity contribution in [1.82, 2.24) is 34.5 Å². The second-order valence-electron chi connectivity index (χ2n) is 16.6. The van der Waals surface area contributed by atoms with Crippen molar-refractivity contribution in [3.05, 3.63) is 92.9 Å². The predicted octanol–water partition coefficient (Wildman–Crippen LogP) is 7.84. The number of aliphatic hydroxyl groups is 1. The van der Waals surface area contributed by atoms with Gasteiger partial charge < -0.3 is 14.8 Å². The van der Waals surface area contributed by atoms with E-state index in [9.17, 15) is 32.4 Å². The molecule has 2 saturated heterocycles. The third-order valence-corrected chi connectivity index (χ3v) is 15.1. The third-order valence-electron chi connectivity index (χ3n) is 12.4. The lowest BCUT2D eigenvalue weighted by Gasteiger charge is -2.24. The van der Waals surface area contributed by atoms with Crippen LogP contribution in [0.1, 0.15) is 72.6 Å². The Bertz CT molecular complexity index is 3000. The summed E-state index contributed by atoms with van der Waals surface area (Å²) in [5.74, 6) is -1.37. The van der Waals surface area contributed by atoms with Gasteiger partial charge >= 0.3 is 0 Å². The average molecular weight is 915 g/mol. The molecule has 63 heavy (non-hydrogen) atoms. The van der Waals surface area contributed by atoms with E-state index >= 15 is 0 Å². The Morgan fingerprint density at radius 2 is 1.75 bits per heavy atom. The number of fused-ring (bicyclic) bond motifs is 3. The number of anilines is 2. The minimum Gasteiger partial charge on any atom is -0.435 e. The molecule has 3 fully saturated rings. The fourth-order valence-corrected chi connectivity index (χ4v) is 11.1. The fourth-order valence-electron chi connectivity index (χ4n) is 9.14. The number of nitrogens with zero attached hydrogens (tertiary/aromatic N) is 7. The fraction of sp³-hybridized carbons (Fsp3) is 0.364. The van der Waals surface area contributed by atoms with Crippen LogP contribution in [0.3, 0.4) is 0 Å². The van der Waals surface area contributed by atoms with Crippen LogP contribution in [0.5, 0.6) is 0 Å². The molecule has 2 aliphatic heterocycles. The van der Waals surface area contributed by atoms with E-state index in [0.717, 1.165) is 23.1 Å². The standard InChI is InChI=1S/C44H39Cl2F2N9O5S/c45-36-27(28-4-2-6-32(37(28)46)51-41-38-33(52-42(54-41)40(47)48)15-22(18-50-38)19-56-13-12-24(58)21-56)3-1-5-29(36)44-53-34-16-30-26(31(17-49)39(34)62-44)9-10-35(30)57-14-11-23(20-57)43(59)55-63(60,61)25-7-8-25/h1-6,15-16,18,23-25,35,40,58H,7-14,19-21H2,(H,55,59)(H,51,52,54)/t23-,24-,35-/m1/s1. The van der Waals surface area contributed by atoms with Crippen molar-refractivity contribution in [2.24, 2.45) is 5.92 Å². The number of sulfonamides is 1. The number of hydrogen-bond acceptors (Lipinski definition) is 13. The molecule has 0 radical (unpaired) electrons. The first kappa shape index (κ1) is 41.6. The number of nitrogens with one attached hydrogen (secondary N) is 2. The van der Waals surface area contributed by atoms with Crippen LogP contribution < -0.4 is 10.0 Å². The lowest BCUT2D eigenvalue weighted by molar-refractivity contribution is -0.122. The van der Waals surface area contributed by atoms with E-state index in [-0.39, 0.29) is 38.8 Å². The molecular weight excluding hydrogens is 876 g/mol. The molecule has 324 valence electrons. The third kappa shape index (κ3) is 7.87. The van der Waals surface area contributed by atoms with Gasteiger partial charge in [0.2, 0.25) is 21.8 Å². The number of aromatic nitrogens is 4. The van der Waals surface area contributed by atoms with Gasteiger partial charge in [-0.2, -0.15) is 5.26 Å². The second kappa shape index (κ2) is 16.3. The highest BCUT2D eigenvalue weighted by Gasteiger charge is 2.41. The van der Waals surface area contributed by atoms with Crippen molar-refractivity contribution >= 4 is 72.8 Å². The molecule has 2 aliphatic carbocycles. The summed E-state index contributed by atoms with van der Waals surface area (Å²) in [6.07, 6.45) is 1.96. The quantitative estimate of drug-likeness (QED) is 0.114. The molecule has 3 aromatic heterocycles. The molecule has 0 spiro atoms. The predicted molar refractivity (Wildman–Crippen MR) is 232 cm³/mol. The largest absolute Gasteiger partial charge is 0.435 e. The molecule has 3 atom stereocenters. The normalized spacial score (nSPS) is 20.5. The Morgan fingerprint density at radius 3 is 2.49 bits per heavy atom. The van der Waals surface area contributed by atoms with Crippen LogP contribution in [0.25, 0.3) is 44.7 Å². The smallest absolute Gasteiger partial charge is 0.297 e. The van der Waals surface area contributed by atoms with Gasteiger partial charge in [-0.1, -0.05) is 47.5 Å². The maximum absolute atomic E-state index is 14.1. The molecule has 0 unspecified atom stereocenters. The maximum atomic E-state index is 14.1. The highest BCUT2D eigenvalue weighted by Crippen LogP contribution is 2.46. The monoisotopic (exact) mass is 913 g/mol. The first-order valence-electron chi connectivity index (χ1n) is 20.7. The van der Waals surface area contributed by atoms with Crippen LogP contribution in [0.4, 0.5) is 20.3 Å². The minimum atomic E-state index is -3.64. The van der Waals surface area contributed by atoms with Crippen LogP contribution in [-0.4, -0.2) is 86.7 Å². The maximum Gasteiger partial charge on any atom is 0.297 e. The first-order chi connectivity index (χ1) is 30.3. The summed E-state index contributed by atoms with van der Waals surface area (Å²) in [6.45, 7) is 2.71. The van der Waals surface area contributed by atoms with Crippen molar-refractivity contribution in [1.29, 1.82) is 5.26 Å². The topological polar surface area (TPSA) is 190 Å². The van der Waals surface area contributed by atoms with E-state index in [1.807, 2.05) is 6.07 Å². The molecule has 1 saturated carbocycles. The summed E-state index contributed by atoms with van der Waals surface area (Å²) in [5.41, 5.74) is 6.07. The molecule has 14 nitrogen and oxygen atoms in total. The zero-order valence-corrected chi connectivity index (χ0v) is 35.8. The van der Waals surface area contributed by atoms with Crippen molar-refractivity contribution in [3.8, 4) is 28.7 Å². The van der Waals surface area contributed by atoms with Crippen LogP contribution in [0.2, 0.25) is 10.0 Å². The van der Waals surface area contributed by atoms with E-state index in [2.05, 4.69) is 40.9 Å². The Balaban J connectivity index is 0.927. The van der Waals surface area contributed by atoms with Gasteiger partial charge in [-0.05, 0) is 86.0 Å². The van der Waals surface area contributed by atoms with Crippen LogP contribution in [0.15, 0.2) is 59.1 Å². The van der Waals surface area contributed by atoms with Gasteiger partial charge in [0.1, 0.15) is 22.7 Å². The SMILES string of the molecule is N#Cc1c2c(cc3nc(-c4cccc(-c5cccc(Nc6nc(C(F)F)nc7cc(CN8CC[C@@H](O)C8)cnc67)c5Cl)c4Cl)oc13)[C@H](N1CC[C@@H](C(=O)NS(=O)(=O)C3CC3)C1)CC2. The Morgan fingerprint density at radius 1 is 0.968 bits per heavy atom. The Hall–Kier alpha value is -5.35. The molecule has 6 aromatic rings.